The molecule has 3 nitrogen and oxygen atoms in total. The summed E-state index contributed by atoms with van der Waals surface area (Å²) in [6.45, 7) is 0.402. The average molecular weight is 242 g/mol. The summed E-state index contributed by atoms with van der Waals surface area (Å²) >= 11 is 0. The first-order chi connectivity index (χ1) is 7.20. The summed E-state index contributed by atoms with van der Waals surface area (Å²) in [6, 6.07) is 6.36. The van der Waals surface area contributed by atoms with E-state index in [9.17, 15) is 4.39 Å². The third-order valence-electron chi connectivity index (χ3n) is 2.22. The van der Waals surface area contributed by atoms with E-state index in [1.807, 2.05) is 19.3 Å². The van der Waals surface area contributed by atoms with Gasteiger partial charge in [0.05, 0.1) is 5.69 Å². The smallest absolute Gasteiger partial charge is 0.123 e. The molecule has 0 amide bonds. The van der Waals surface area contributed by atoms with Crippen molar-refractivity contribution in [3.05, 3.63) is 41.8 Å². The van der Waals surface area contributed by atoms with Crippen LogP contribution in [0, 0.1) is 5.82 Å². The molecule has 0 atom stereocenters. The van der Waals surface area contributed by atoms with Gasteiger partial charge in [-0.1, -0.05) is 12.1 Å². The normalized spacial score (nSPS) is 9.94. The maximum absolute atomic E-state index is 13.0. The lowest BCUT2D eigenvalue weighted by molar-refractivity contribution is 0.628. The number of nitrogens with zero attached hydrogens (tertiary/aromatic N) is 2. The molecule has 2 rings (SSSR count). The van der Waals surface area contributed by atoms with Crippen LogP contribution in [-0.4, -0.2) is 9.78 Å². The van der Waals surface area contributed by atoms with Gasteiger partial charge in [-0.3, -0.25) is 4.68 Å². The van der Waals surface area contributed by atoms with E-state index in [2.05, 4.69) is 5.10 Å². The third kappa shape index (κ3) is 2.40. The fourth-order valence-corrected chi connectivity index (χ4v) is 1.57. The molecule has 0 radical (unpaired) electrons. The minimum atomic E-state index is -0.263. The molecule has 2 N–H and O–H groups in total. The van der Waals surface area contributed by atoms with Gasteiger partial charge in [0.15, 0.2) is 0 Å². The number of benzene rings is 1. The highest BCUT2D eigenvalue weighted by molar-refractivity contribution is 5.85. The van der Waals surface area contributed by atoms with Crippen LogP contribution in [0.4, 0.5) is 4.39 Å². The molecule has 16 heavy (non-hydrogen) atoms. The van der Waals surface area contributed by atoms with E-state index in [0.717, 1.165) is 16.8 Å². The lowest BCUT2D eigenvalue weighted by Crippen LogP contribution is -1.96. The Kier molecular flexibility index (Phi) is 4.04. The van der Waals surface area contributed by atoms with Crippen molar-refractivity contribution in [2.24, 2.45) is 12.8 Å². The van der Waals surface area contributed by atoms with E-state index >= 15 is 0 Å². The lowest BCUT2D eigenvalue weighted by atomic mass is 10.1. The van der Waals surface area contributed by atoms with Gasteiger partial charge in [0.1, 0.15) is 5.82 Å². The Hall–Kier alpha value is -1.39. The molecule has 0 saturated heterocycles. The lowest BCUT2D eigenvalue weighted by Gasteiger charge is -1.99. The average Bonchev–Trinajstić information content (AvgIpc) is 2.59. The molecule has 0 saturated carbocycles. The summed E-state index contributed by atoms with van der Waals surface area (Å²) in [7, 11) is 1.82. The summed E-state index contributed by atoms with van der Waals surface area (Å²) in [4.78, 5) is 0. The van der Waals surface area contributed by atoms with Gasteiger partial charge in [-0.15, -0.1) is 12.4 Å². The van der Waals surface area contributed by atoms with Crippen molar-refractivity contribution >= 4 is 12.4 Å². The molecule has 0 bridgehead atoms. The van der Waals surface area contributed by atoms with Crippen molar-refractivity contribution in [3.63, 3.8) is 0 Å². The van der Waals surface area contributed by atoms with Crippen LogP contribution in [0.15, 0.2) is 30.5 Å². The van der Waals surface area contributed by atoms with Crippen molar-refractivity contribution < 1.29 is 4.39 Å². The van der Waals surface area contributed by atoms with E-state index in [1.54, 1.807) is 10.7 Å². The molecule has 0 unspecified atom stereocenters. The standard InChI is InChI=1S/C11H12FN3.ClH/c1-15-7-9(6-13)11(14-15)8-3-2-4-10(12)5-8;/h2-5,7H,6,13H2,1H3;1H. The molecule has 1 aromatic carbocycles. The van der Waals surface area contributed by atoms with Crippen LogP contribution in [0.1, 0.15) is 5.56 Å². The Morgan fingerprint density at radius 2 is 2.19 bits per heavy atom. The van der Waals surface area contributed by atoms with Gasteiger partial charge in [0.2, 0.25) is 0 Å². The molecule has 1 aromatic heterocycles. The second kappa shape index (κ2) is 5.09. The van der Waals surface area contributed by atoms with Crippen molar-refractivity contribution in [2.45, 2.75) is 6.54 Å². The molecule has 0 fully saturated rings. The zero-order valence-corrected chi connectivity index (χ0v) is 9.67. The highest BCUT2D eigenvalue weighted by atomic mass is 35.5. The number of hydrogen-bond acceptors (Lipinski definition) is 2. The Morgan fingerprint density at radius 1 is 1.44 bits per heavy atom. The molecule has 86 valence electrons. The highest BCUT2D eigenvalue weighted by Crippen LogP contribution is 2.21. The van der Waals surface area contributed by atoms with Gasteiger partial charge in [0, 0.05) is 30.9 Å². The monoisotopic (exact) mass is 241 g/mol. The maximum Gasteiger partial charge on any atom is 0.123 e. The van der Waals surface area contributed by atoms with Crippen molar-refractivity contribution in [3.8, 4) is 11.3 Å². The zero-order chi connectivity index (χ0) is 10.8. The number of nitrogens with two attached hydrogens (primary N) is 1. The van der Waals surface area contributed by atoms with Crippen LogP contribution < -0.4 is 5.73 Å². The largest absolute Gasteiger partial charge is 0.326 e. The predicted molar refractivity (Wildman–Crippen MR) is 63.7 cm³/mol. The van der Waals surface area contributed by atoms with Crippen LogP contribution in [-0.2, 0) is 13.6 Å². The molecule has 5 heteroatoms. The van der Waals surface area contributed by atoms with Gasteiger partial charge in [-0.05, 0) is 12.1 Å². The molecule has 2 aromatic rings. The molecule has 1 heterocycles. The number of halogens is 2. The second-order valence-corrected chi connectivity index (χ2v) is 3.39. The number of aryl methyl sites for hydroxylation is 1. The van der Waals surface area contributed by atoms with Gasteiger partial charge >= 0.3 is 0 Å². The van der Waals surface area contributed by atoms with E-state index in [4.69, 9.17) is 5.73 Å². The van der Waals surface area contributed by atoms with Crippen LogP contribution in [0.25, 0.3) is 11.3 Å². The molecular weight excluding hydrogens is 229 g/mol. The minimum Gasteiger partial charge on any atom is -0.326 e. The predicted octanol–water partition coefficient (Wildman–Crippen LogP) is 2.11. The Bertz CT molecular complexity index is 482. The molecule has 0 aliphatic carbocycles. The first kappa shape index (κ1) is 12.7. The van der Waals surface area contributed by atoms with Crippen molar-refractivity contribution in [1.29, 1.82) is 0 Å². The first-order valence-electron chi connectivity index (χ1n) is 4.69. The summed E-state index contributed by atoms with van der Waals surface area (Å²) in [5, 5.41) is 4.26. The molecule has 0 aliphatic heterocycles. The van der Waals surface area contributed by atoms with Crippen molar-refractivity contribution in [1.82, 2.24) is 9.78 Å². The van der Waals surface area contributed by atoms with Gasteiger partial charge < -0.3 is 5.73 Å². The van der Waals surface area contributed by atoms with Gasteiger partial charge in [-0.25, -0.2) is 4.39 Å². The summed E-state index contributed by atoms with van der Waals surface area (Å²) in [6.07, 6.45) is 1.85. The van der Waals surface area contributed by atoms with Crippen LogP contribution in [0.5, 0.6) is 0 Å². The summed E-state index contributed by atoms with van der Waals surface area (Å²) in [5.41, 5.74) is 8.02. The number of aromatic nitrogens is 2. The number of hydrogen-bond donors (Lipinski definition) is 1. The van der Waals surface area contributed by atoms with Crippen LogP contribution in [0.2, 0.25) is 0 Å². The van der Waals surface area contributed by atoms with E-state index in [1.165, 1.54) is 12.1 Å². The summed E-state index contributed by atoms with van der Waals surface area (Å²) in [5.74, 6) is -0.263. The second-order valence-electron chi connectivity index (χ2n) is 3.39. The van der Waals surface area contributed by atoms with Crippen molar-refractivity contribution in [2.75, 3.05) is 0 Å². The molecular formula is C11H13ClFN3. The fraction of sp³-hybridized carbons (Fsp3) is 0.182. The van der Waals surface area contributed by atoms with E-state index in [0.29, 0.717) is 6.54 Å². The highest BCUT2D eigenvalue weighted by Gasteiger charge is 2.08. The summed E-state index contributed by atoms with van der Waals surface area (Å²) < 4.78 is 14.7. The molecule has 0 spiro atoms. The third-order valence-corrected chi connectivity index (χ3v) is 2.22. The first-order valence-corrected chi connectivity index (χ1v) is 4.69. The van der Waals surface area contributed by atoms with Crippen LogP contribution in [0.3, 0.4) is 0 Å². The van der Waals surface area contributed by atoms with Gasteiger partial charge in [-0.2, -0.15) is 5.10 Å². The van der Waals surface area contributed by atoms with Gasteiger partial charge in [0.25, 0.3) is 0 Å². The van der Waals surface area contributed by atoms with Crippen LogP contribution >= 0.6 is 12.4 Å². The zero-order valence-electron chi connectivity index (χ0n) is 8.85. The minimum absolute atomic E-state index is 0. The number of rotatable bonds is 2. The fourth-order valence-electron chi connectivity index (χ4n) is 1.57. The topological polar surface area (TPSA) is 43.8 Å². The van der Waals surface area contributed by atoms with E-state index in [-0.39, 0.29) is 18.2 Å². The Balaban J connectivity index is 0.00000128. The Labute approximate surface area is 99.5 Å². The molecule has 0 aliphatic rings. The maximum atomic E-state index is 13.0. The Morgan fingerprint density at radius 3 is 2.81 bits per heavy atom. The van der Waals surface area contributed by atoms with E-state index < -0.39 is 0 Å². The quantitative estimate of drug-likeness (QED) is 0.875. The SMILES string of the molecule is Cl.Cn1cc(CN)c(-c2cccc(F)c2)n1.